The molecule has 0 saturated carbocycles. The van der Waals surface area contributed by atoms with Gasteiger partial charge in [-0.3, -0.25) is 4.79 Å². The molecule has 90 valence electrons. The number of aromatic nitrogens is 1. The summed E-state index contributed by atoms with van der Waals surface area (Å²) in [5.41, 5.74) is 2.36. The quantitative estimate of drug-likeness (QED) is 0.861. The van der Waals surface area contributed by atoms with Gasteiger partial charge in [0.1, 0.15) is 0 Å². The highest BCUT2D eigenvalue weighted by Crippen LogP contribution is 2.19. The second-order valence-electron chi connectivity index (χ2n) is 4.27. The molecule has 0 radical (unpaired) electrons. The van der Waals surface area contributed by atoms with E-state index in [0.29, 0.717) is 6.42 Å². The summed E-state index contributed by atoms with van der Waals surface area (Å²) in [6, 6.07) is 8.19. The molecule has 3 nitrogen and oxygen atoms in total. The predicted octanol–water partition coefficient (Wildman–Crippen LogP) is 2.58. The Morgan fingerprint density at radius 1 is 1.35 bits per heavy atom. The number of nitrogens with zero attached hydrogens (tertiary/aromatic N) is 1. The van der Waals surface area contributed by atoms with Crippen LogP contribution in [-0.4, -0.2) is 29.4 Å². The molecule has 0 aliphatic rings. The Bertz CT molecular complexity index is 516. The third-order valence-electron chi connectivity index (χ3n) is 3.18. The van der Waals surface area contributed by atoms with Crippen molar-refractivity contribution < 1.29 is 4.79 Å². The van der Waals surface area contributed by atoms with E-state index in [1.807, 2.05) is 32.3 Å². The molecule has 0 aliphatic carbocycles. The number of nitrogens with one attached hydrogen (secondary N) is 1. The van der Waals surface area contributed by atoms with Gasteiger partial charge in [0.25, 0.3) is 0 Å². The van der Waals surface area contributed by atoms with Crippen LogP contribution in [0.4, 0.5) is 0 Å². The fourth-order valence-corrected chi connectivity index (χ4v) is 1.95. The maximum Gasteiger partial charge on any atom is 0.222 e. The first-order valence-electron chi connectivity index (χ1n) is 6.01. The third kappa shape index (κ3) is 2.49. The minimum Gasteiger partial charge on any atom is -0.361 e. The van der Waals surface area contributed by atoms with Crippen LogP contribution >= 0.6 is 0 Å². The van der Waals surface area contributed by atoms with Crippen molar-refractivity contribution in [3.63, 3.8) is 0 Å². The van der Waals surface area contributed by atoms with Crippen LogP contribution in [0, 0.1) is 0 Å². The highest BCUT2D eigenvalue weighted by Gasteiger charge is 2.09. The average Bonchev–Trinajstić information content (AvgIpc) is 2.78. The van der Waals surface area contributed by atoms with Crippen molar-refractivity contribution in [2.45, 2.75) is 19.8 Å². The van der Waals surface area contributed by atoms with Crippen molar-refractivity contribution in [3.05, 3.63) is 36.0 Å². The summed E-state index contributed by atoms with van der Waals surface area (Å²) in [7, 11) is 1.84. The van der Waals surface area contributed by atoms with Crippen molar-refractivity contribution >= 4 is 16.8 Å². The fourth-order valence-electron chi connectivity index (χ4n) is 1.95. The normalized spacial score (nSPS) is 10.7. The van der Waals surface area contributed by atoms with Crippen LogP contribution < -0.4 is 0 Å². The molecule has 0 atom stereocenters. The number of fused-ring (bicyclic) bond motifs is 1. The molecule has 3 heteroatoms. The Balaban J connectivity index is 2.07. The molecular weight excluding hydrogens is 212 g/mol. The van der Waals surface area contributed by atoms with Gasteiger partial charge in [-0.1, -0.05) is 18.2 Å². The number of hydrogen-bond donors (Lipinski definition) is 1. The summed E-state index contributed by atoms with van der Waals surface area (Å²) in [5, 5.41) is 1.22. The molecule has 0 saturated heterocycles. The zero-order valence-electron chi connectivity index (χ0n) is 10.4. The van der Waals surface area contributed by atoms with Crippen LogP contribution in [0.1, 0.15) is 18.9 Å². The number of amides is 1. The topological polar surface area (TPSA) is 36.1 Å². The lowest BCUT2D eigenvalue weighted by Crippen LogP contribution is -2.26. The Morgan fingerprint density at radius 2 is 2.12 bits per heavy atom. The lowest BCUT2D eigenvalue weighted by atomic mass is 10.1. The Hall–Kier alpha value is -1.77. The van der Waals surface area contributed by atoms with Gasteiger partial charge in [0, 0.05) is 37.1 Å². The molecule has 0 aliphatic heterocycles. The van der Waals surface area contributed by atoms with Crippen molar-refractivity contribution in [2.75, 3.05) is 13.6 Å². The minimum atomic E-state index is 0.206. The van der Waals surface area contributed by atoms with Crippen LogP contribution in [0.2, 0.25) is 0 Å². The van der Waals surface area contributed by atoms with Crippen molar-refractivity contribution in [1.82, 2.24) is 9.88 Å². The smallest absolute Gasteiger partial charge is 0.222 e. The van der Waals surface area contributed by atoms with Gasteiger partial charge in [-0.05, 0) is 25.0 Å². The number of para-hydroxylation sites is 1. The second-order valence-corrected chi connectivity index (χ2v) is 4.27. The summed E-state index contributed by atoms with van der Waals surface area (Å²) < 4.78 is 0. The first-order valence-corrected chi connectivity index (χ1v) is 6.01. The van der Waals surface area contributed by atoms with E-state index in [0.717, 1.165) is 18.5 Å². The number of aromatic amines is 1. The van der Waals surface area contributed by atoms with Crippen LogP contribution in [0.15, 0.2) is 30.5 Å². The zero-order valence-corrected chi connectivity index (χ0v) is 10.4. The summed E-state index contributed by atoms with van der Waals surface area (Å²) >= 11 is 0. The second kappa shape index (κ2) is 5.04. The first-order chi connectivity index (χ1) is 8.22. The van der Waals surface area contributed by atoms with E-state index >= 15 is 0 Å². The van der Waals surface area contributed by atoms with Crippen LogP contribution in [0.25, 0.3) is 10.9 Å². The Morgan fingerprint density at radius 3 is 2.88 bits per heavy atom. The van der Waals surface area contributed by atoms with E-state index in [1.54, 1.807) is 4.90 Å². The Labute approximate surface area is 101 Å². The van der Waals surface area contributed by atoms with E-state index in [-0.39, 0.29) is 5.91 Å². The Kier molecular flexibility index (Phi) is 3.47. The summed E-state index contributed by atoms with van der Waals surface area (Å²) in [4.78, 5) is 16.7. The molecule has 1 amide bonds. The molecule has 1 aromatic heterocycles. The van der Waals surface area contributed by atoms with E-state index in [2.05, 4.69) is 17.1 Å². The predicted molar refractivity (Wildman–Crippen MR) is 69.9 cm³/mol. The largest absolute Gasteiger partial charge is 0.361 e. The number of hydrogen-bond acceptors (Lipinski definition) is 1. The number of aryl methyl sites for hydroxylation is 1. The van der Waals surface area contributed by atoms with E-state index in [1.165, 1.54) is 10.9 Å². The average molecular weight is 230 g/mol. The highest BCUT2D eigenvalue weighted by molar-refractivity contribution is 5.84. The SMILES string of the molecule is CCN(C)C(=O)CCc1c[nH]c2ccccc12. The fraction of sp³-hybridized carbons (Fsp3) is 0.357. The zero-order chi connectivity index (χ0) is 12.3. The van der Waals surface area contributed by atoms with Gasteiger partial charge in [-0.25, -0.2) is 0 Å². The lowest BCUT2D eigenvalue weighted by molar-refractivity contribution is -0.129. The maximum atomic E-state index is 11.7. The molecule has 0 unspecified atom stereocenters. The summed E-state index contributed by atoms with van der Waals surface area (Å²) in [6.45, 7) is 2.76. The molecule has 17 heavy (non-hydrogen) atoms. The van der Waals surface area contributed by atoms with Gasteiger partial charge < -0.3 is 9.88 Å². The standard InChI is InChI=1S/C14H18N2O/c1-3-16(2)14(17)9-8-11-10-15-13-7-5-4-6-12(11)13/h4-7,10,15H,3,8-9H2,1-2H3. The van der Waals surface area contributed by atoms with Gasteiger partial charge >= 0.3 is 0 Å². The minimum absolute atomic E-state index is 0.206. The van der Waals surface area contributed by atoms with Crippen molar-refractivity contribution in [3.8, 4) is 0 Å². The molecule has 0 bridgehead atoms. The van der Waals surface area contributed by atoms with Gasteiger partial charge in [0.2, 0.25) is 5.91 Å². The van der Waals surface area contributed by atoms with Gasteiger partial charge in [-0.15, -0.1) is 0 Å². The molecule has 1 N–H and O–H groups in total. The molecular formula is C14H18N2O. The summed E-state index contributed by atoms with van der Waals surface area (Å²) in [6.07, 6.45) is 3.38. The third-order valence-corrected chi connectivity index (χ3v) is 3.18. The molecule has 1 aromatic carbocycles. The van der Waals surface area contributed by atoms with E-state index < -0.39 is 0 Å². The molecule has 2 rings (SSSR count). The van der Waals surface area contributed by atoms with E-state index in [9.17, 15) is 4.79 Å². The van der Waals surface area contributed by atoms with Gasteiger partial charge in [-0.2, -0.15) is 0 Å². The van der Waals surface area contributed by atoms with Crippen molar-refractivity contribution in [2.24, 2.45) is 0 Å². The summed E-state index contributed by atoms with van der Waals surface area (Å²) in [5.74, 6) is 0.206. The lowest BCUT2D eigenvalue weighted by Gasteiger charge is -2.13. The maximum absolute atomic E-state index is 11.7. The van der Waals surface area contributed by atoms with Crippen LogP contribution in [0.3, 0.4) is 0 Å². The van der Waals surface area contributed by atoms with Gasteiger partial charge in [0.15, 0.2) is 0 Å². The number of carbonyl (C=O) groups is 1. The molecule has 0 fully saturated rings. The van der Waals surface area contributed by atoms with Crippen molar-refractivity contribution in [1.29, 1.82) is 0 Å². The number of benzene rings is 1. The first kappa shape index (κ1) is 11.7. The molecule has 1 heterocycles. The highest BCUT2D eigenvalue weighted by atomic mass is 16.2. The number of carbonyl (C=O) groups excluding carboxylic acids is 1. The van der Waals surface area contributed by atoms with Gasteiger partial charge in [0.05, 0.1) is 0 Å². The number of rotatable bonds is 4. The molecule has 2 aromatic rings. The van der Waals surface area contributed by atoms with Crippen LogP contribution in [-0.2, 0) is 11.2 Å². The number of H-pyrrole nitrogens is 1. The van der Waals surface area contributed by atoms with Crippen LogP contribution in [0.5, 0.6) is 0 Å². The van der Waals surface area contributed by atoms with E-state index in [4.69, 9.17) is 0 Å². The molecule has 0 spiro atoms. The monoisotopic (exact) mass is 230 g/mol.